The van der Waals surface area contributed by atoms with E-state index in [1.807, 2.05) is 12.1 Å². The Balaban J connectivity index is 2.37. The highest BCUT2D eigenvalue weighted by atomic mass is 79.9. The molecule has 0 aliphatic carbocycles. The Bertz CT molecular complexity index is 461. The van der Waals surface area contributed by atoms with Crippen LogP contribution in [-0.4, -0.2) is 43.4 Å². The Labute approximate surface area is 117 Å². The number of nitrogens with zero attached hydrogens (tertiary/aromatic N) is 2. The highest BCUT2D eigenvalue weighted by Crippen LogP contribution is 2.28. The molecular formula is C14H19BrN2O. The van der Waals surface area contributed by atoms with Crippen LogP contribution in [-0.2, 0) is 0 Å². The summed E-state index contributed by atoms with van der Waals surface area (Å²) in [5.74, 6) is 0.128. The minimum Gasteiger partial charge on any atom is -0.366 e. The fourth-order valence-corrected chi connectivity index (χ4v) is 2.89. The highest BCUT2D eigenvalue weighted by molar-refractivity contribution is 9.10. The van der Waals surface area contributed by atoms with Crippen LogP contribution in [0.5, 0.6) is 0 Å². The summed E-state index contributed by atoms with van der Waals surface area (Å²) in [6.45, 7) is 6.88. The zero-order valence-electron chi connectivity index (χ0n) is 11.1. The Kier molecular flexibility index (Phi) is 4.07. The van der Waals surface area contributed by atoms with Gasteiger partial charge in [-0.3, -0.25) is 4.79 Å². The molecule has 1 aliphatic rings. The van der Waals surface area contributed by atoms with Crippen LogP contribution in [0.4, 0.5) is 5.69 Å². The summed E-state index contributed by atoms with van der Waals surface area (Å²) in [5, 5.41) is 0. The van der Waals surface area contributed by atoms with Crippen LogP contribution in [0.15, 0.2) is 22.7 Å². The van der Waals surface area contributed by atoms with Gasteiger partial charge in [-0.25, -0.2) is 0 Å². The first-order valence-corrected chi connectivity index (χ1v) is 7.04. The topological polar surface area (TPSA) is 23.6 Å². The third-order valence-corrected chi connectivity index (χ3v) is 3.97. The molecule has 18 heavy (non-hydrogen) atoms. The Morgan fingerprint density at radius 1 is 1.39 bits per heavy atom. The number of rotatable bonds is 2. The molecule has 0 N–H and O–H groups in total. The van der Waals surface area contributed by atoms with Gasteiger partial charge in [0, 0.05) is 41.4 Å². The van der Waals surface area contributed by atoms with Crippen LogP contribution < -0.4 is 4.90 Å². The molecule has 1 aromatic rings. The summed E-state index contributed by atoms with van der Waals surface area (Å²) in [5.41, 5.74) is 1.87. The Morgan fingerprint density at radius 3 is 2.72 bits per heavy atom. The van der Waals surface area contributed by atoms with E-state index in [-0.39, 0.29) is 5.78 Å². The maximum absolute atomic E-state index is 11.7. The second-order valence-electron chi connectivity index (χ2n) is 5.02. The molecule has 0 amide bonds. The molecule has 1 fully saturated rings. The number of likely N-dealkylation sites (N-methyl/N-ethyl adjacent to an activating group) is 1. The Morgan fingerprint density at radius 2 is 2.11 bits per heavy atom. The van der Waals surface area contributed by atoms with Gasteiger partial charge < -0.3 is 9.80 Å². The summed E-state index contributed by atoms with van der Waals surface area (Å²) in [6.07, 6.45) is 0. The maximum atomic E-state index is 11.7. The highest BCUT2D eigenvalue weighted by Gasteiger charge is 2.24. The molecule has 0 aromatic heterocycles. The van der Waals surface area contributed by atoms with E-state index in [4.69, 9.17) is 0 Å². The lowest BCUT2D eigenvalue weighted by Gasteiger charge is -2.40. The normalized spacial score (nSPS) is 21.1. The summed E-state index contributed by atoms with van der Waals surface area (Å²) < 4.78 is 1.02. The summed E-state index contributed by atoms with van der Waals surface area (Å²) in [4.78, 5) is 16.4. The minimum atomic E-state index is 0.128. The average Bonchev–Trinajstić information content (AvgIpc) is 2.28. The lowest BCUT2D eigenvalue weighted by molar-refractivity contribution is 0.101. The minimum absolute atomic E-state index is 0.128. The van der Waals surface area contributed by atoms with Crippen molar-refractivity contribution in [3.8, 4) is 0 Å². The number of hydrogen-bond acceptors (Lipinski definition) is 3. The van der Waals surface area contributed by atoms with E-state index in [2.05, 4.69) is 45.8 Å². The van der Waals surface area contributed by atoms with Crippen LogP contribution >= 0.6 is 15.9 Å². The molecule has 1 saturated heterocycles. The van der Waals surface area contributed by atoms with Gasteiger partial charge in [0.25, 0.3) is 0 Å². The molecule has 0 bridgehead atoms. The fourth-order valence-electron chi connectivity index (χ4n) is 2.54. The predicted octanol–water partition coefficient (Wildman–Crippen LogP) is 2.79. The first-order chi connectivity index (χ1) is 8.49. The summed E-state index contributed by atoms with van der Waals surface area (Å²) in [7, 11) is 2.14. The molecule has 1 aliphatic heterocycles. The van der Waals surface area contributed by atoms with Gasteiger partial charge in [-0.1, -0.05) is 15.9 Å². The predicted molar refractivity (Wildman–Crippen MR) is 78.5 cm³/mol. The van der Waals surface area contributed by atoms with Crippen LogP contribution in [0.2, 0.25) is 0 Å². The number of anilines is 1. The number of hydrogen-bond donors (Lipinski definition) is 0. The summed E-state index contributed by atoms with van der Waals surface area (Å²) in [6, 6.07) is 6.32. The van der Waals surface area contributed by atoms with Gasteiger partial charge in [0.2, 0.25) is 0 Å². The van der Waals surface area contributed by atoms with Crippen molar-refractivity contribution in [1.29, 1.82) is 0 Å². The fraction of sp³-hybridized carbons (Fsp3) is 0.500. The Hall–Kier alpha value is -0.870. The number of carbonyl (C=O) groups is 1. The van der Waals surface area contributed by atoms with E-state index >= 15 is 0 Å². The molecule has 1 aromatic carbocycles. The van der Waals surface area contributed by atoms with Crippen molar-refractivity contribution in [3.63, 3.8) is 0 Å². The first-order valence-electron chi connectivity index (χ1n) is 6.24. The molecule has 4 heteroatoms. The third-order valence-electron chi connectivity index (χ3n) is 3.48. The number of piperazine rings is 1. The van der Waals surface area contributed by atoms with Gasteiger partial charge in [0.05, 0.1) is 0 Å². The number of ketones is 1. The molecule has 3 nitrogen and oxygen atoms in total. The van der Waals surface area contributed by atoms with Crippen molar-refractivity contribution in [2.75, 3.05) is 31.6 Å². The van der Waals surface area contributed by atoms with Crippen LogP contribution in [0, 0.1) is 0 Å². The second kappa shape index (κ2) is 5.41. The van der Waals surface area contributed by atoms with Crippen molar-refractivity contribution in [2.24, 2.45) is 0 Å². The van der Waals surface area contributed by atoms with Crippen LogP contribution in [0.1, 0.15) is 24.2 Å². The number of Topliss-reactive ketones (excluding diaryl/α,β-unsaturated/α-hetero) is 1. The van der Waals surface area contributed by atoms with E-state index in [1.165, 1.54) is 0 Å². The molecule has 98 valence electrons. The van der Waals surface area contributed by atoms with Crippen molar-refractivity contribution >= 4 is 27.4 Å². The number of halogens is 1. The number of carbonyl (C=O) groups excluding carboxylic acids is 1. The van der Waals surface area contributed by atoms with Gasteiger partial charge >= 0.3 is 0 Å². The van der Waals surface area contributed by atoms with Crippen molar-refractivity contribution in [1.82, 2.24) is 4.90 Å². The summed E-state index contributed by atoms with van der Waals surface area (Å²) >= 11 is 3.50. The van der Waals surface area contributed by atoms with E-state index in [1.54, 1.807) is 6.92 Å². The quantitative estimate of drug-likeness (QED) is 0.785. The van der Waals surface area contributed by atoms with E-state index in [0.29, 0.717) is 6.04 Å². The zero-order valence-corrected chi connectivity index (χ0v) is 12.7. The molecule has 1 unspecified atom stereocenters. The molecule has 0 saturated carbocycles. The lowest BCUT2D eigenvalue weighted by atomic mass is 10.1. The standard InChI is InChI=1S/C14H19BrN2O/c1-10-9-16(3)6-7-17(10)14-8-12(15)4-5-13(14)11(2)18/h4-5,8,10H,6-7,9H2,1-3H3. The monoisotopic (exact) mass is 310 g/mol. The van der Waals surface area contributed by atoms with E-state index in [0.717, 1.165) is 35.4 Å². The zero-order chi connectivity index (χ0) is 13.3. The molecule has 2 rings (SSSR count). The first kappa shape index (κ1) is 13.6. The third kappa shape index (κ3) is 2.75. The average molecular weight is 311 g/mol. The van der Waals surface area contributed by atoms with Gasteiger partial charge in [-0.2, -0.15) is 0 Å². The van der Waals surface area contributed by atoms with Crippen molar-refractivity contribution in [3.05, 3.63) is 28.2 Å². The van der Waals surface area contributed by atoms with Crippen LogP contribution in [0.25, 0.3) is 0 Å². The molecule has 1 atom stereocenters. The molecule has 0 radical (unpaired) electrons. The van der Waals surface area contributed by atoms with Crippen molar-refractivity contribution in [2.45, 2.75) is 19.9 Å². The van der Waals surface area contributed by atoms with Crippen molar-refractivity contribution < 1.29 is 4.79 Å². The van der Waals surface area contributed by atoms with E-state index in [9.17, 15) is 4.79 Å². The largest absolute Gasteiger partial charge is 0.366 e. The van der Waals surface area contributed by atoms with Gasteiger partial charge in [0.15, 0.2) is 5.78 Å². The molecule has 0 spiro atoms. The smallest absolute Gasteiger partial charge is 0.161 e. The second-order valence-corrected chi connectivity index (χ2v) is 5.94. The number of benzene rings is 1. The van der Waals surface area contributed by atoms with Gasteiger partial charge in [-0.15, -0.1) is 0 Å². The maximum Gasteiger partial charge on any atom is 0.161 e. The van der Waals surface area contributed by atoms with Gasteiger partial charge in [-0.05, 0) is 39.1 Å². The van der Waals surface area contributed by atoms with Gasteiger partial charge in [0.1, 0.15) is 0 Å². The molecular weight excluding hydrogens is 292 g/mol. The lowest BCUT2D eigenvalue weighted by Crippen LogP contribution is -2.50. The SMILES string of the molecule is CC(=O)c1ccc(Br)cc1N1CCN(C)CC1C. The molecule has 1 heterocycles. The van der Waals surface area contributed by atoms with E-state index < -0.39 is 0 Å². The van der Waals surface area contributed by atoms with Crippen LogP contribution in [0.3, 0.4) is 0 Å².